The fourth-order valence-electron chi connectivity index (χ4n) is 2.80. The maximum Gasteiger partial charge on any atom is 0.278 e. The maximum atomic E-state index is 12.9. The van der Waals surface area contributed by atoms with Gasteiger partial charge in [-0.15, -0.1) is 11.8 Å². The number of hydrogen-bond donors (Lipinski definition) is 0. The van der Waals surface area contributed by atoms with Gasteiger partial charge in [0.05, 0.1) is 19.2 Å². The first-order chi connectivity index (χ1) is 12.2. The summed E-state index contributed by atoms with van der Waals surface area (Å²) in [6, 6.07) is 7.75. The van der Waals surface area contributed by atoms with Gasteiger partial charge in [-0.2, -0.15) is 0 Å². The van der Waals surface area contributed by atoms with Gasteiger partial charge in [-0.3, -0.25) is 4.79 Å². The van der Waals surface area contributed by atoms with Crippen LogP contribution in [0, 0.1) is 0 Å². The van der Waals surface area contributed by atoms with Crippen LogP contribution in [0.5, 0.6) is 11.8 Å². The number of thioether (sulfide) groups is 1. The topological polar surface area (TPSA) is 64.6 Å². The van der Waals surface area contributed by atoms with E-state index in [1.54, 1.807) is 24.2 Å². The Hall–Kier alpha value is -2.28. The van der Waals surface area contributed by atoms with Gasteiger partial charge < -0.3 is 14.4 Å². The van der Waals surface area contributed by atoms with Crippen molar-refractivity contribution in [2.24, 2.45) is 0 Å². The molecule has 1 saturated heterocycles. The molecular formula is C18H21N3O3S. The third-order valence-electron chi connectivity index (χ3n) is 3.95. The van der Waals surface area contributed by atoms with Crippen LogP contribution in [0.3, 0.4) is 0 Å². The summed E-state index contributed by atoms with van der Waals surface area (Å²) >= 11 is 1.68. The van der Waals surface area contributed by atoms with Crippen molar-refractivity contribution in [3.63, 3.8) is 0 Å². The molecule has 1 aliphatic heterocycles. The van der Waals surface area contributed by atoms with E-state index < -0.39 is 0 Å². The first kappa shape index (κ1) is 17.5. The molecule has 1 aliphatic rings. The molecule has 1 amide bonds. The fraction of sp³-hybridized carbons (Fsp3) is 0.389. The first-order valence-electron chi connectivity index (χ1n) is 8.25. The highest BCUT2D eigenvalue weighted by Gasteiger charge is 2.30. The summed E-state index contributed by atoms with van der Waals surface area (Å²) in [7, 11) is 1.53. The molecule has 1 fully saturated rings. The van der Waals surface area contributed by atoms with Gasteiger partial charge in [0, 0.05) is 30.3 Å². The number of aromatic nitrogens is 2. The van der Waals surface area contributed by atoms with Gasteiger partial charge in [-0.05, 0) is 17.9 Å². The SMILES string of the molecule is CCSc1ccccc1C(=O)N1CCC(Oc2nccnc2OC)C1. The predicted octanol–water partition coefficient (Wildman–Crippen LogP) is 2.89. The van der Waals surface area contributed by atoms with E-state index >= 15 is 0 Å². The molecule has 0 saturated carbocycles. The van der Waals surface area contributed by atoms with Crippen LogP contribution >= 0.6 is 11.8 Å². The van der Waals surface area contributed by atoms with Gasteiger partial charge in [0.15, 0.2) is 0 Å². The number of carbonyl (C=O) groups is 1. The van der Waals surface area contributed by atoms with E-state index in [2.05, 4.69) is 16.9 Å². The van der Waals surface area contributed by atoms with Crippen LogP contribution in [0.2, 0.25) is 0 Å². The normalized spacial score (nSPS) is 16.7. The average Bonchev–Trinajstić information content (AvgIpc) is 3.11. The number of rotatable bonds is 6. The van der Waals surface area contributed by atoms with Crippen molar-refractivity contribution in [1.29, 1.82) is 0 Å². The number of hydrogen-bond acceptors (Lipinski definition) is 6. The number of methoxy groups -OCH3 is 1. The van der Waals surface area contributed by atoms with Gasteiger partial charge >= 0.3 is 0 Å². The molecular weight excluding hydrogens is 338 g/mol. The van der Waals surface area contributed by atoms with Gasteiger partial charge in [-0.1, -0.05) is 19.1 Å². The molecule has 2 heterocycles. The summed E-state index contributed by atoms with van der Waals surface area (Å²) in [5.74, 6) is 1.71. The van der Waals surface area contributed by atoms with E-state index in [9.17, 15) is 4.79 Å². The van der Waals surface area contributed by atoms with Crippen molar-refractivity contribution in [3.8, 4) is 11.8 Å². The maximum absolute atomic E-state index is 12.9. The highest BCUT2D eigenvalue weighted by atomic mass is 32.2. The lowest BCUT2D eigenvalue weighted by atomic mass is 10.2. The molecule has 1 unspecified atom stereocenters. The molecule has 132 valence electrons. The van der Waals surface area contributed by atoms with Crippen LogP contribution in [0.4, 0.5) is 0 Å². The van der Waals surface area contributed by atoms with Crippen molar-refractivity contribution < 1.29 is 14.3 Å². The zero-order chi connectivity index (χ0) is 17.6. The van der Waals surface area contributed by atoms with Crippen molar-refractivity contribution in [1.82, 2.24) is 14.9 Å². The number of likely N-dealkylation sites (tertiary alicyclic amines) is 1. The molecule has 6 nitrogen and oxygen atoms in total. The number of carbonyl (C=O) groups excluding carboxylic acids is 1. The van der Waals surface area contributed by atoms with Gasteiger partial charge in [0.2, 0.25) is 0 Å². The molecule has 1 aromatic heterocycles. The molecule has 1 atom stereocenters. The quantitative estimate of drug-likeness (QED) is 0.739. The molecule has 2 aromatic rings. The van der Waals surface area contributed by atoms with E-state index in [1.165, 1.54) is 7.11 Å². The number of benzene rings is 1. The standard InChI is InChI=1S/C18H21N3O3S/c1-3-25-15-7-5-4-6-14(15)18(22)21-11-8-13(12-21)24-17-16(23-2)19-9-10-20-17/h4-7,9-10,13H,3,8,11-12H2,1-2H3. The molecule has 0 spiro atoms. The average molecular weight is 359 g/mol. The number of amides is 1. The van der Waals surface area contributed by atoms with E-state index in [0.717, 1.165) is 22.6 Å². The Labute approximate surface area is 151 Å². The Morgan fingerprint density at radius 3 is 2.80 bits per heavy atom. The molecule has 0 aliphatic carbocycles. The van der Waals surface area contributed by atoms with Crippen LogP contribution in [0.1, 0.15) is 23.7 Å². The molecule has 0 bridgehead atoms. The molecule has 7 heteroatoms. The van der Waals surface area contributed by atoms with Crippen LogP contribution in [-0.4, -0.2) is 52.8 Å². The Kier molecular flexibility index (Phi) is 5.75. The Morgan fingerprint density at radius 1 is 1.28 bits per heavy atom. The van der Waals surface area contributed by atoms with Crippen LogP contribution in [-0.2, 0) is 0 Å². The molecule has 0 N–H and O–H groups in total. The number of nitrogens with zero attached hydrogens (tertiary/aromatic N) is 3. The summed E-state index contributed by atoms with van der Waals surface area (Å²) in [6.45, 7) is 3.28. The van der Waals surface area contributed by atoms with Crippen LogP contribution < -0.4 is 9.47 Å². The molecule has 1 aromatic carbocycles. The zero-order valence-corrected chi connectivity index (χ0v) is 15.2. The lowest BCUT2D eigenvalue weighted by molar-refractivity contribution is 0.0767. The van der Waals surface area contributed by atoms with Crippen molar-refractivity contribution in [2.45, 2.75) is 24.3 Å². The lowest BCUT2D eigenvalue weighted by Gasteiger charge is -2.18. The Balaban J connectivity index is 1.67. The summed E-state index contributed by atoms with van der Waals surface area (Å²) in [6.07, 6.45) is 3.77. The minimum atomic E-state index is -0.111. The third kappa shape index (κ3) is 4.04. The number of ether oxygens (including phenoxy) is 2. The minimum Gasteiger partial charge on any atom is -0.477 e. The van der Waals surface area contributed by atoms with Crippen LogP contribution in [0.15, 0.2) is 41.6 Å². The summed E-state index contributed by atoms with van der Waals surface area (Å²) in [5, 5.41) is 0. The second-order valence-electron chi connectivity index (χ2n) is 5.58. The second-order valence-corrected chi connectivity index (χ2v) is 6.89. The zero-order valence-electron chi connectivity index (χ0n) is 14.3. The molecule has 0 radical (unpaired) electrons. The van der Waals surface area contributed by atoms with Gasteiger partial charge in [0.1, 0.15) is 6.10 Å². The fourth-order valence-corrected chi connectivity index (χ4v) is 3.59. The van der Waals surface area contributed by atoms with E-state index in [-0.39, 0.29) is 12.0 Å². The summed E-state index contributed by atoms with van der Waals surface area (Å²) in [5.41, 5.74) is 0.757. The Bertz CT molecular complexity index is 741. The highest BCUT2D eigenvalue weighted by molar-refractivity contribution is 7.99. The largest absolute Gasteiger partial charge is 0.477 e. The Morgan fingerprint density at radius 2 is 2.04 bits per heavy atom. The lowest BCUT2D eigenvalue weighted by Crippen LogP contribution is -2.31. The minimum absolute atomic E-state index is 0.0498. The van der Waals surface area contributed by atoms with Crippen molar-refractivity contribution in [3.05, 3.63) is 42.2 Å². The van der Waals surface area contributed by atoms with E-state index in [1.807, 2.05) is 29.2 Å². The highest BCUT2D eigenvalue weighted by Crippen LogP contribution is 2.27. The second kappa shape index (κ2) is 8.20. The van der Waals surface area contributed by atoms with Crippen molar-refractivity contribution in [2.75, 3.05) is 26.0 Å². The molecule has 3 rings (SSSR count). The van der Waals surface area contributed by atoms with E-state index in [4.69, 9.17) is 9.47 Å². The van der Waals surface area contributed by atoms with Gasteiger partial charge in [-0.25, -0.2) is 9.97 Å². The van der Waals surface area contributed by atoms with Crippen molar-refractivity contribution >= 4 is 17.7 Å². The first-order valence-corrected chi connectivity index (χ1v) is 9.24. The van der Waals surface area contributed by atoms with Crippen LogP contribution in [0.25, 0.3) is 0 Å². The van der Waals surface area contributed by atoms with Gasteiger partial charge in [0.25, 0.3) is 17.7 Å². The predicted molar refractivity (Wildman–Crippen MR) is 96.4 cm³/mol. The third-order valence-corrected chi connectivity index (χ3v) is 4.91. The molecule has 25 heavy (non-hydrogen) atoms. The summed E-state index contributed by atoms with van der Waals surface area (Å²) in [4.78, 5) is 24.0. The van der Waals surface area contributed by atoms with E-state index in [0.29, 0.717) is 24.8 Å². The smallest absolute Gasteiger partial charge is 0.278 e. The summed E-state index contributed by atoms with van der Waals surface area (Å²) < 4.78 is 11.1. The monoisotopic (exact) mass is 359 g/mol.